The Morgan fingerprint density at radius 2 is 2.17 bits per heavy atom. The van der Waals surface area contributed by atoms with Crippen molar-refractivity contribution in [2.45, 2.75) is 13.8 Å². The van der Waals surface area contributed by atoms with E-state index in [9.17, 15) is 0 Å². The van der Waals surface area contributed by atoms with Gasteiger partial charge in [-0.1, -0.05) is 11.6 Å². The quantitative estimate of drug-likeness (QED) is 0.928. The smallest absolute Gasteiger partial charge is 0.200 e. The molecule has 1 aromatic heterocycles. The third-order valence-electron chi connectivity index (χ3n) is 2.92. The van der Waals surface area contributed by atoms with Gasteiger partial charge in [0, 0.05) is 18.3 Å². The normalized spacial score (nSPS) is 10.7. The summed E-state index contributed by atoms with van der Waals surface area (Å²) in [5.74, 6) is 1.18. The molecule has 0 aliphatic carbocycles. The topological polar surface area (TPSA) is 53.1 Å². The van der Waals surface area contributed by atoms with E-state index in [1.165, 1.54) is 0 Å². The molecule has 1 heterocycles. The molecule has 0 spiro atoms. The highest BCUT2D eigenvalue weighted by Crippen LogP contribution is 2.31. The van der Waals surface area contributed by atoms with E-state index in [2.05, 4.69) is 4.98 Å². The highest BCUT2D eigenvalue weighted by molar-refractivity contribution is 6.32. The van der Waals surface area contributed by atoms with Crippen molar-refractivity contribution in [2.24, 2.45) is 7.05 Å². The number of nitrogens with zero attached hydrogens (tertiary/aromatic N) is 2. The van der Waals surface area contributed by atoms with E-state index < -0.39 is 0 Å². The fourth-order valence-corrected chi connectivity index (χ4v) is 2.03. The molecule has 0 saturated carbocycles. The molecule has 96 valence electrons. The summed E-state index contributed by atoms with van der Waals surface area (Å²) in [6.45, 7) is 4.49. The maximum atomic E-state index is 6.17. The van der Waals surface area contributed by atoms with Crippen LogP contribution in [-0.4, -0.2) is 16.2 Å². The number of imidazole rings is 1. The Hall–Kier alpha value is -1.68. The maximum Gasteiger partial charge on any atom is 0.200 e. The Balaban J connectivity index is 2.45. The lowest BCUT2D eigenvalue weighted by molar-refractivity contribution is 0.340. The summed E-state index contributed by atoms with van der Waals surface area (Å²) in [5.41, 5.74) is 8.58. The zero-order valence-corrected chi connectivity index (χ0v) is 11.5. The number of benzene rings is 1. The Morgan fingerprint density at radius 1 is 1.44 bits per heavy atom. The number of ether oxygens (including phenoxy) is 1. The van der Waals surface area contributed by atoms with Crippen LogP contribution in [0.1, 0.15) is 12.6 Å². The van der Waals surface area contributed by atoms with Gasteiger partial charge in [-0.15, -0.1) is 0 Å². The van der Waals surface area contributed by atoms with E-state index >= 15 is 0 Å². The lowest BCUT2D eigenvalue weighted by Crippen LogP contribution is -1.97. The summed E-state index contributed by atoms with van der Waals surface area (Å²) < 4.78 is 7.25. The van der Waals surface area contributed by atoms with Crippen LogP contribution in [0, 0.1) is 6.92 Å². The van der Waals surface area contributed by atoms with Crippen LogP contribution in [0.25, 0.3) is 11.3 Å². The van der Waals surface area contributed by atoms with Crippen molar-refractivity contribution in [1.29, 1.82) is 0 Å². The lowest BCUT2D eigenvalue weighted by Gasteiger charge is -2.07. The molecule has 0 saturated heterocycles. The second kappa shape index (κ2) is 4.90. The third-order valence-corrected chi connectivity index (χ3v) is 3.22. The molecule has 2 rings (SSSR count). The molecule has 0 aliphatic heterocycles. The van der Waals surface area contributed by atoms with Crippen LogP contribution < -0.4 is 10.5 Å². The van der Waals surface area contributed by atoms with E-state index in [0.717, 1.165) is 17.0 Å². The van der Waals surface area contributed by atoms with E-state index in [1.54, 1.807) is 0 Å². The predicted octanol–water partition coefficient (Wildman–Crippen LogP) is 3.03. The predicted molar refractivity (Wildman–Crippen MR) is 74.0 cm³/mol. The molecule has 0 bridgehead atoms. The molecule has 4 nitrogen and oxygen atoms in total. The molecule has 0 radical (unpaired) electrons. The molecule has 0 amide bonds. The molecule has 0 unspecified atom stereocenters. The summed E-state index contributed by atoms with van der Waals surface area (Å²) >= 11 is 6.17. The van der Waals surface area contributed by atoms with Gasteiger partial charge in [0.1, 0.15) is 5.75 Å². The summed E-state index contributed by atoms with van der Waals surface area (Å²) in [6.07, 6.45) is 0. The SMILES string of the molecule is CCOc1ccc(-c2nc(N)n(C)c2C)cc1Cl. The van der Waals surface area contributed by atoms with Gasteiger partial charge in [0.25, 0.3) is 0 Å². The molecule has 5 heteroatoms. The van der Waals surface area contributed by atoms with Gasteiger partial charge >= 0.3 is 0 Å². The largest absolute Gasteiger partial charge is 0.492 e. The Kier molecular flexibility index (Phi) is 3.48. The first-order valence-electron chi connectivity index (χ1n) is 5.76. The highest BCUT2D eigenvalue weighted by Gasteiger charge is 2.12. The fraction of sp³-hybridized carbons (Fsp3) is 0.308. The van der Waals surface area contributed by atoms with E-state index in [0.29, 0.717) is 23.3 Å². The minimum absolute atomic E-state index is 0.493. The van der Waals surface area contributed by atoms with Crippen molar-refractivity contribution in [1.82, 2.24) is 9.55 Å². The van der Waals surface area contributed by atoms with Crippen molar-refractivity contribution in [3.63, 3.8) is 0 Å². The lowest BCUT2D eigenvalue weighted by atomic mass is 10.1. The first kappa shape index (κ1) is 12.8. The van der Waals surface area contributed by atoms with Crippen LogP contribution in [0.2, 0.25) is 5.02 Å². The van der Waals surface area contributed by atoms with Crippen LogP contribution in [-0.2, 0) is 7.05 Å². The van der Waals surface area contributed by atoms with E-state index in [1.807, 2.05) is 43.7 Å². The molecular formula is C13H16ClN3O. The van der Waals surface area contributed by atoms with E-state index in [4.69, 9.17) is 22.1 Å². The van der Waals surface area contributed by atoms with Crippen molar-refractivity contribution in [3.05, 3.63) is 28.9 Å². The number of halogens is 1. The zero-order chi connectivity index (χ0) is 13.3. The number of nitrogens with two attached hydrogens (primary N) is 1. The van der Waals surface area contributed by atoms with E-state index in [-0.39, 0.29) is 0 Å². The van der Waals surface area contributed by atoms with Gasteiger partial charge in [0.15, 0.2) is 0 Å². The average molecular weight is 266 g/mol. The summed E-state index contributed by atoms with van der Waals surface area (Å²) in [7, 11) is 1.89. The highest BCUT2D eigenvalue weighted by atomic mass is 35.5. The Morgan fingerprint density at radius 3 is 2.67 bits per heavy atom. The van der Waals surface area contributed by atoms with Crippen molar-refractivity contribution in [3.8, 4) is 17.0 Å². The molecular weight excluding hydrogens is 250 g/mol. The van der Waals surface area contributed by atoms with Gasteiger partial charge in [-0.3, -0.25) is 0 Å². The maximum absolute atomic E-state index is 6.17. The van der Waals surface area contributed by atoms with Crippen LogP contribution >= 0.6 is 11.6 Å². The van der Waals surface area contributed by atoms with Crippen LogP contribution in [0.5, 0.6) is 5.75 Å². The van der Waals surface area contributed by atoms with Gasteiger partial charge in [0.2, 0.25) is 5.95 Å². The zero-order valence-electron chi connectivity index (χ0n) is 10.7. The van der Waals surface area contributed by atoms with Crippen LogP contribution in [0.4, 0.5) is 5.95 Å². The minimum Gasteiger partial charge on any atom is -0.492 e. The monoisotopic (exact) mass is 265 g/mol. The van der Waals surface area contributed by atoms with Gasteiger partial charge in [-0.2, -0.15) is 0 Å². The van der Waals surface area contributed by atoms with Gasteiger partial charge in [-0.05, 0) is 32.0 Å². The Bertz CT molecular complexity index is 578. The molecule has 0 atom stereocenters. The number of hydrogen-bond acceptors (Lipinski definition) is 3. The van der Waals surface area contributed by atoms with Gasteiger partial charge in [0.05, 0.1) is 17.3 Å². The summed E-state index contributed by atoms with van der Waals surface area (Å²) in [6, 6.07) is 5.64. The van der Waals surface area contributed by atoms with Gasteiger partial charge < -0.3 is 15.0 Å². The molecule has 0 aliphatic rings. The first-order valence-corrected chi connectivity index (χ1v) is 6.14. The molecule has 0 fully saturated rings. The van der Waals surface area contributed by atoms with Crippen molar-refractivity contribution in [2.75, 3.05) is 12.3 Å². The van der Waals surface area contributed by atoms with Gasteiger partial charge in [-0.25, -0.2) is 4.98 Å². The second-order valence-electron chi connectivity index (χ2n) is 4.04. The molecule has 1 aromatic carbocycles. The van der Waals surface area contributed by atoms with Crippen LogP contribution in [0.15, 0.2) is 18.2 Å². The first-order chi connectivity index (χ1) is 8.54. The molecule has 18 heavy (non-hydrogen) atoms. The number of aromatic nitrogens is 2. The Labute approximate surface area is 111 Å². The summed E-state index contributed by atoms with van der Waals surface area (Å²) in [4.78, 5) is 4.34. The van der Waals surface area contributed by atoms with Crippen molar-refractivity contribution < 1.29 is 4.74 Å². The van der Waals surface area contributed by atoms with Crippen molar-refractivity contribution >= 4 is 17.5 Å². The standard InChI is InChI=1S/C13H16ClN3O/c1-4-18-11-6-5-9(7-10(11)14)12-8(2)17(3)13(15)16-12/h5-7H,4H2,1-3H3,(H2,15,16). The third kappa shape index (κ3) is 2.16. The number of hydrogen-bond donors (Lipinski definition) is 1. The second-order valence-corrected chi connectivity index (χ2v) is 4.45. The van der Waals surface area contributed by atoms with Crippen LogP contribution in [0.3, 0.4) is 0 Å². The molecule has 2 aromatic rings. The summed E-state index contributed by atoms with van der Waals surface area (Å²) in [5, 5.41) is 0.581. The molecule has 2 N–H and O–H groups in total. The number of nitrogen functional groups attached to an aromatic ring is 1. The fourth-order valence-electron chi connectivity index (χ4n) is 1.80. The number of rotatable bonds is 3. The average Bonchev–Trinajstić information content (AvgIpc) is 2.60. The minimum atomic E-state index is 0.493. The number of anilines is 1.